The van der Waals surface area contributed by atoms with Crippen LogP contribution in [0.15, 0.2) is 30.6 Å². The van der Waals surface area contributed by atoms with Crippen molar-refractivity contribution in [3.05, 3.63) is 52.8 Å². The van der Waals surface area contributed by atoms with Crippen LogP contribution < -0.4 is 10.6 Å². The molecule has 136 valence electrons. The number of benzene rings is 1. The lowest BCUT2D eigenvalue weighted by molar-refractivity contribution is 0.0592. The first-order valence-electron chi connectivity index (χ1n) is 8.49. The molecule has 0 aliphatic carbocycles. The van der Waals surface area contributed by atoms with Gasteiger partial charge in [0, 0.05) is 24.8 Å². The molecule has 25 heavy (non-hydrogen) atoms. The van der Waals surface area contributed by atoms with Crippen LogP contribution in [0.1, 0.15) is 36.1 Å². The monoisotopic (exact) mass is 344 g/mol. The molecule has 0 bridgehead atoms. The zero-order chi connectivity index (χ0) is 18.6. The summed E-state index contributed by atoms with van der Waals surface area (Å²) in [6.07, 6.45) is 4.10. The second-order valence-electron chi connectivity index (χ2n) is 7.10. The fourth-order valence-electron chi connectivity index (χ4n) is 2.92. The molecule has 0 saturated carbocycles. The minimum atomic E-state index is -1.16. The summed E-state index contributed by atoms with van der Waals surface area (Å²) < 4.78 is 1.62. The van der Waals surface area contributed by atoms with E-state index in [9.17, 15) is 9.90 Å². The van der Waals surface area contributed by atoms with Crippen LogP contribution in [-0.2, 0) is 19.1 Å². The van der Waals surface area contributed by atoms with E-state index < -0.39 is 5.60 Å². The first-order valence-corrected chi connectivity index (χ1v) is 8.49. The number of aliphatic hydroxyl groups is 1. The Kier molecular flexibility index (Phi) is 5.85. The van der Waals surface area contributed by atoms with E-state index >= 15 is 0 Å². The van der Waals surface area contributed by atoms with E-state index in [2.05, 4.69) is 47.8 Å². The Morgan fingerprint density at radius 2 is 1.96 bits per heavy atom. The summed E-state index contributed by atoms with van der Waals surface area (Å²) in [6.45, 7) is 7.88. The van der Waals surface area contributed by atoms with Gasteiger partial charge in [-0.2, -0.15) is 5.10 Å². The second kappa shape index (κ2) is 7.70. The zero-order valence-corrected chi connectivity index (χ0v) is 15.6. The van der Waals surface area contributed by atoms with Crippen LogP contribution in [0.25, 0.3) is 0 Å². The summed E-state index contributed by atoms with van der Waals surface area (Å²) in [5, 5.41) is 20.2. The van der Waals surface area contributed by atoms with E-state index in [1.807, 2.05) is 6.92 Å². The number of aromatic nitrogens is 2. The average Bonchev–Trinajstić information content (AvgIpc) is 2.91. The standard InChI is InChI=1S/C19H28N4O2/c1-13-6-14(2)8-16(7-13)9-15(3)22-18(24)20-12-19(4,25)17-10-21-23(5)11-17/h6-8,10-11,15,25H,9,12H2,1-5H3,(H2,20,22,24)/t15-,19+/m1/s1. The molecule has 1 aromatic carbocycles. The number of nitrogens with zero attached hydrogens (tertiary/aromatic N) is 2. The average molecular weight is 344 g/mol. The maximum absolute atomic E-state index is 12.1. The SMILES string of the molecule is Cc1cc(C)cc(C[C@@H](C)NC(=O)NC[C@](C)(O)c2cnn(C)c2)c1. The van der Waals surface area contributed by atoms with E-state index in [-0.39, 0.29) is 18.6 Å². The van der Waals surface area contributed by atoms with Crippen LogP contribution in [0.3, 0.4) is 0 Å². The predicted molar refractivity (Wildman–Crippen MR) is 98.4 cm³/mol. The lowest BCUT2D eigenvalue weighted by atomic mass is 10.00. The maximum atomic E-state index is 12.1. The van der Waals surface area contributed by atoms with Gasteiger partial charge in [-0.15, -0.1) is 0 Å². The largest absolute Gasteiger partial charge is 0.383 e. The number of hydrogen-bond acceptors (Lipinski definition) is 3. The second-order valence-corrected chi connectivity index (χ2v) is 7.10. The molecule has 2 rings (SSSR count). The van der Waals surface area contributed by atoms with Crippen molar-refractivity contribution in [1.82, 2.24) is 20.4 Å². The molecule has 1 heterocycles. The molecule has 3 N–H and O–H groups in total. The van der Waals surface area contributed by atoms with E-state index in [1.165, 1.54) is 16.7 Å². The Morgan fingerprint density at radius 1 is 1.32 bits per heavy atom. The first-order chi connectivity index (χ1) is 11.7. The molecule has 0 aliphatic heterocycles. The van der Waals surface area contributed by atoms with E-state index in [0.717, 1.165) is 6.42 Å². The summed E-state index contributed by atoms with van der Waals surface area (Å²) >= 11 is 0. The summed E-state index contributed by atoms with van der Waals surface area (Å²) in [5.74, 6) is 0. The predicted octanol–water partition coefficient (Wildman–Crippen LogP) is 2.17. The number of rotatable bonds is 6. The molecule has 0 fully saturated rings. The van der Waals surface area contributed by atoms with Gasteiger partial charge in [0.05, 0.1) is 12.7 Å². The fraction of sp³-hybridized carbons (Fsp3) is 0.474. The number of carbonyl (C=O) groups excluding carboxylic acids is 1. The highest BCUT2D eigenvalue weighted by Crippen LogP contribution is 2.18. The topological polar surface area (TPSA) is 79.2 Å². The molecule has 0 unspecified atom stereocenters. The van der Waals surface area contributed by atoms with Gasteiger partial charge in [0.1, 0.15) is 5.60 Å². The van der Waals surface area contributed by atoms with Gasteiger partial charge in [0.25, 0.3) is 0 Å². The molecular formula is C19H28N4O2. The van der Waals surface area contributed by atoms with Gasteiger partial charge < -0.3 is 15.7 Å². The molecule has 0 spiro atoms. The number of hydrogen-bond donors (Lipinski definition) is 3. The minimum absolute atomic E-state index is 0.00968. The Bertz CT molecular complexity index is 717. The van der Waals surface area contributed by atoms with Crippen LogP contribution in [0.4, 0.5) is 4.79 Å². The van der Waals surface area contributed by atoms with Gasteiger partial charge >= 0.3 is 6.03 Å². The third-order valence-corrected chi connectivity index (χ3v) is 4.12. The van der Waals surface area contributed by atoms with Crippen molar-refractivity contribution in [1.29, 1.82) is 0 Å². The van der Waals surface area contributed by atoms with Crippen LogP contribution in [0, 0.1) is 13.8 Å². The van der Waals surface area contributed by atoms with E-state index in [4.69, 9.17) is 0 Å². The van der Waals surface area contributed by atoms with Crippen molar-refractivity contribution in [3.8, 4) is 0 Å². The van der Waals surface area contributed by atoms with Crippen LogP contribution in [-0.4, -0.2) is 33.5 Å². The maximum Gasteiger partial charge on any atom is 0.315 e. The number of nitrogens with one attached hydrogen (secondary N) is 2. The summed E-state index contributed by atoms with van der Waals surface area (Å²) in [4.78, 5) is 12.1. The highest BCUT2D eigenvalue weighted by molar-refractivity contribution is 5.74. The smallest absolute Gasteiger partial charge is 0.315 e. The van der Waals surface area contributed by atoms with Crippen LogP contribution in [0.5, 0.6) is 0 Å². The summed E-state index contributed by atoms with van der Waals surface area (Å²) in [5.41, 5.74) is 3.15. The number of urea groups is 1. The fourth-order valence-corrected chi connectivity index (χ4v) is 2.92. The van der Waals surface area contributed by atoms with Crippen molar-refractivity contribution in [2.45, 2.75) is 45.8 Å². The van der Waals surface area contributed by atoms with Gasteiger partial charge in [0.15, 0.2) is 0 Å². The van der Waals surface area contributed by atoms with Crippen molar-refractivity contribution >= 4 is 6.03 Å². The third kappa shape index (κ3) is 5.60. The van der Waals surface area contributed by atoms with Crippen LogP contribution in [0.2, 0.25) is 0 Å². The van der Waals surface area contributed by atoms with Crippen molar-refractivity contribution in [2.24, 2.45) is 7.05 Å². The zero-order valence-electron chi connectivity index (χ0n) is 15.6. The van der Waals surface area contributed by atoms with Gasteiger partial charge in [-0.05, 0) is 39.7 Å². The Labute approximate surface area is 149 Å². The molecule has 0 saturated heterocycles. The molecule has 0 aliphatic rings. The number of amides is 2. The first kappa shape index (κ1) is 19.0. The van der Waals surface area contributed by atoms with Gasteiger partial charge in [-0.1, -0.05) is 29.3 Å². The summed E-state index contributed by atoms with van der Waals surface area (Å²) in [7, 11) is 1.79. The molecule has 2 atom stereocenters. The molecule has 6 heteroatoms. The summed E-state index contributed by atoms with van der Waals surface area (Å²) in [6, 6.07) is 6.10. The van der Waals surface area contributed by atoms with Crippen molar-refractivity contribution in [3.63, 3.8) is 0 Å². The lowest BCUT2D eigenvalue weighted by Gasteiger charge is -2.23. The third-order valence-electron chi connectivity index (χ3n) is 4.12. The molecule has 6 nitrogen and oxygen atoms in total. The van der Waals surface area contributed by atoms with Crippen molar-refractivity contribution < 1.29 is 9.90 Å². The quantitative estimate of drug-likeness (QED) is 0.751. The lowest BCUT2D eigenvalue weighted by Crippen LogP contribution is -2.46. The minimum Gasteiger partial charge on any atom is -0.383 e. The van der Waals surface area contributed by atoms with Gasteiger partial charge in [0.2, 0.25) is 0 Å². The van der Waals surface area contributed by atoms with Crippen molar-refractivity contribution in [2.75, 3.05) is 6.54 Å². The molecular weight excluding hydrogens is 316 g/mol. The molecule has 2 aromatic rings. The van der Waals surface area contributed by atoms with E-state index in [1.54, 1.807) is 31.0 Å². The van der Waals surface area contributed by atoms with Gasteiger partial charge in [-0.25, -0.2) is 4.79 Å². The molecule has 0 radical (unpaired) electrons. The normalized spacial score (nSPS) is 14.6. The highest BCUT2D eigenvalue weighted by atomic mass is 16.3. The Balaban J connectivity index is 1.85. The number of carbonyl (C=O) groups is 1. The van der Waals surface area contributed by atoms with E-state index in [0.29, 0.717) is 5.56 Å². The Hall–Kier alpha value is -2.34. The Morgan fingerprint density at radius 3 is 2.52 bits per heavy atom. The molecule has 1 aromatic heterocycles. The molecule has 2 amide bonds. The van der Waals surface area contributed by atoms with Crippen LogP contribution >= 0.6 is 0 Å². The highest BCUT2D eigenvalue weighted by Gasteiger charge is 2.25. The number of aryl methyl sites for hydroxylation is 3. The van der Waals surface area contributed by atoms with Gasteiger partial charge in [-0.3, -0.25) is 4.68 Å².